The average Bonchev–Trinajstić information content (AvgIpc) is 3.21. The predicted molar refractivity (Wildman–Crippen MR) is 128 cm³/mol. The third-order valence-corrected chi connectivity index (χ3v) is 5.21. The van der Waals surface area contributed by atoms with E-state index in [0.29, 0.717) is 35.8 Å². The van der Waals surface area contributed by atoms with Gasteiger partial charge in [0, 0.05) is 42.7 Å². The number of amides is 1. The van der Waals surface area contributed by atoms with Crippen molar-refractivity contribution in [1.29, 1.82) is 0 Å². The number of hydrogen-bond donors (Lipinski definition) is 2. The Labute approximate surface area is 191 Å². The molecule has 0 aromatic carbocycles. The Morgan fingerprint density at radius 3 is 2.85 bits per heavy atom. The minimum Gasteiger partial charge on any atom is -0.486 e. The van der Waals surface area contributed by atoms with Crippen molar-refractivity contribution in [2.75, 3.05) is 17.7 Å². The number of anilines is 2. The summed E-state index contributed by atoms with van der Waals surface area (Å²) in [4.78, 5) is 25.6. The number of aryl methyl sites for hydroxylation is 2. The molecule has 3 N–H and O–H groups in total. The smallest absolute Gasteiger partial charge is 0.249 e. The first-order chi connectivity index (χ1) is 15.9. The van der Waals surface area contributed by atoms with Crippen molar-refractivity contribution in [2.24, 2.45) is 7.05 Å². The highest BCUT2D eigenvalue weighted by Crippen LogP contribution is 2.28. The highest BCUT2D eigenvalue weighted by atomic mass is 16.5. The van der Waals surface area contributed by atoms with Gasteiger partial charge in [0.15, 0.2) is 5.75 Å². The topological polar surface area (TPSA) is 121 Å². The van der Waals surface area contributed by atoms with Gasteiger partial charge < -0.3 is 15.8 Å². The van der Waals surface area contributed by atoms with Crippen LogP contribution in [0.2, 0.25) is 0 Å². The number of rotatable bonds is 7. The maximum Gasteiger partial charge on any atom is 0.249 e. The van der Waals surface area contributed by atoms with Crippen LogP contribution in [0.5, 0.6) is 5.75 Å². The van der Waals surface area contributed by atoms with Gasteiger partial charge in [-0.1, -0.05) is 6.92 Å². The highest BCUT2D eigenvalue weighted by Gasteiger charge is 2.11. The monoisotopic (exact) mass is 443 g/mol. The molecule has 0 bridgehead atoms. The van der Waals surface area contributed by atoms with Crippen molar-refractivity contribution in [3.05, 3.63) is 66.4 Å². The Hall–Kier alpha value is -4.27. The molecule has 4 aromatic heterocycles. The number of carbonyl (C=O) groups is 1. The molecular weight excluding hydrogens is 418 g/mol. The Morgan fingerprint density at radius 1 is 1.27 bits per heavy atom. The summed E-state index contributed by atoms with van der Waals surface area (Å²) in [7, 11) is 1.82. The summed E-state index contributed by atoms with van der Waals surface area (Å²) in [6.45, 7) is 4.27. The van der Waals surface area contributed by atoms with E-state index < -0.39 is 0 Å². The van der Waals surface area contributed by atoms with Gasteiger partial charge in [0.05, 0.1) is 18.1 Å². The van der Waals surface area contributed by atoms with Crippen LogP contribution in [0.25, 0.3) is 22.0 Å². The number of nitrogen functional groups attached to an aromatic ring is 1. The molecule has 4 rings (SSSR count). The molecule has 0 spiro atoms. The van der Waals surface area contributed by atoms with Gasteiger partial charge in [0.1, 0.15) is 18.2 Å². The van der Waals surface area contributed by atoms with Gasteiger partial charge in [0.2, 0.25) is 5.91 Å². The van der Waals surface area contributed by atoms with E-state index in [0.717, 1.165) is 27.8 Å². The lowest BCUT2D eigenvalue weighted by Crippen LogP contribution is -2.12. The van der Waals surface area contributed by atoms with Crippen LogP contribution in [-0.2, 0) is 11.8 Å². The molecule has 9 nitrogen and oxygen atoms in total. The van der Waals surface area contributed by atoms with Crippen LogP contribution >= 0.6 is 0 Å². The minimum atomic E-state index is -0.279. The van der Waals surface area contributed by atoms with Crippen LogP contribution in [0.1, 0.15) is 18.9 Å². The summed E-state index contributed by atoms with van der Waals surface area (Å²) in [5.41, 5.74) is 9.69. The van der Waals surface area contributed by atoms with E-state index in [9.17, 15) is 4.79 Å². The molecule has 0 saturated carbocycles. The number of carbonyl (C=O) groups excluding carboxylic acids is 1. The second-order valence-corrected chi connectivity index (χ2v) is 7.66. The maximum atomic E-state index is 12.6. The Bertz CT molecular complexity index is 1340. The molecule has 4 heterocycles. The predicted octanol–water partition coefficient (Wildman–Crippen LogP) is 3.67. The zero-order chi connectivity index (χ0) is 23.4. The van der Waals surface area contributed by atoms with Gasteiger partial charge in [-0.3, -0.25) is 14.5 Å². The van der Waals surface area contributed by atoms with Gasteiger partial charge >= 0.3 is 0 Å². The number of nitrogens with zero attached hydrogens (tertiary/aromatic N) is 5. The number of nitrogens with one attached hydrogen (secondary N) is 1. The SMILES string of the molecule is CC/C(=C\C(=O)Nc1cc2cc(-c3cnccc3C)nc(N)c2cn1)COc1cnn(C)c1. The fourth-order valence-electron chi connectivity index (χ4n) is 3.36. The highest BCUT2D eigenvalue weighted by molar-refractivity contribution is 6.01. The van der Waals surface area contributed by atoms with E-state index in [1.54, 1.807) is 41.7 Å². The normalized spacial score (nSPS) is 11.5. The summed E-state index contributed by atoms with van der Waals surface area (Å²) in [5.74, 6) is 1.17. The summed E-state index contributed by atoms with van der Waals surface area (Å²) >= 11 is 0. The van der Waals surface area contributed by atoms with Crippen LogP contribution < -0.4 is 15.8 Å². The third-order valence-electron chi connectivity index (χ3n) is 5.21. The molecule has 0 aliphatic heterocycles. The Morgan fingerprint density at radius 2 is 2.12 bits per heavy atom. The fraction of sp³-hybridized carbons (Fsp3) is 0.208. The van der Waals surface area contributed by atoms with Crippen molar-refractivity contribution in [3.8, 4) is 17.0 Å². The lowest BCUT2D eigenvalue weighted by atomic mass is 10.1. The van der Waals surface area contributed by atoms with Crippen LogP contribution in [-0.4, -0.2) is 37.2 Å². The number of nitrogens with two attached hydrogens (primary N) is 1. The lowest BCUT2D eigenvalue weighted by molar-refractivity contribution is -0.112. The van der Waals surface area contributed by atoms with E-state index in [4.69, 9.17) is 10.5 Å². The molecule has 9 heteroatoms. The van der Waals surface area contributed by atoms with Gasteiger partial charge in [-0.15, -0.1) is 0 Å². The van der Waals surface area contributed by atoms with Crippen molar-refractivity contribution >= 4 is 28.3 Å². The molecule has 0 radical (unpaired) electrons. The van der Waals surface area contributed by atoms with Crippen LogP contribution in [0.15, 0.2) is 60.8 Å². The maximum absolute atomic E-state index is 12.6. The standard InChI is InChI=1S/C24H25N7O2/c1-4-16(14-33-18-10-28-31(3)13-18)7-23(32)30-22-9-17-8-21(19-11-26-6-5-15(19)2)29-24(25)20(17)12-27-22/h5-13H,4,14H2,1-3H3,(H2,25,29)(H,27,30,32)/b16-7+. The fourth-order valence-corrected chi connectivity index (χ4v) is 3.36. The van der Waals surface area contributed by atoms with Gasteiger partial charge in [-0.05, 0) is 48.1 Å². The zero-order valence-electron chi connectivity index (χ0n) is 18.7. The number of pyridine rings is 3. The quantitative estimate of drug-likeness (QED) is 0.418. The van der Waals surface area contributed by atoms with Crippen molar-refractivity contribution in [3.63, 3.8) is 0 Å². The second kappa shape index (κ2) is 9.47. The second-order valence-electron chi connectivity index (χ2n) is 7.66. The number of ether oxygens (including phenoxy) is 1. The van der Waals surface area contributed by atoms with Crippen LogP contribution in [0, 0.1) is 6.92 Å². The molecule has 0 aliphatic rings. The first-order valence-electron chi connectivity index (χ1n) is 10.5. The van der Waals surface area contributed by atoms with Crippen LogP contribution in [0.3, 0.4) is 0 Å². The Kier molecular flexibility index (Phi) is 6.30. The van der Waals surface area contributed by atoms with Crippen molar-refractivity contribution in [2.45, 2.75) is 20.3 Å². The van der Waals surface area contributed by atoms with Crippen molar-refractivity contribution in [1.82, 2.24) is 24.7 Å². The van der Waals surface area contributed by atoms with E-state index in [1.807, 2.05) is 33.0 Å². The summed E-state index contributed by atoms with van der Waals surface area (Å²) < 4.78 is 7.35. The largest absolute Gasteiger partial charge is 0.486 e. The summed E-state index contributed by atoms with van der Waals surface area (Å²) in [5, 5.41) is 8.43. The number of fused-ring (bicyclic) bond motifs is 1. The summed E-state index contributed by atoms with van der Waals surface area (Å²) in [6.07, 6.45) is 10.7. The molecular formula is C24H25N7O2. The molecule has 0 unspecified atom stereocenters. The molecule has 0 saturated heterocycles. The first kappa shape index (κ1) is 21.9. The molecule has 168 valence electrons. The van der Waals surface area contributed by atoms with Gasteiger partial charge in [-0.25, -0.2) is 9.97 Å². The number of hydrogen-bond acceptors (Lipinski definition) is 7. The summed E-state index contributed by atoms with van der Waals surface area (Å²) in [6, 6.07) is 5.62. The van der Waals surface area contributed by atoms with Gasteiger partial charge in [-0.2, -0.15) is 5.10 Å². The minimum absolute atomic E-state index is 0.279. The Balaban J connectivity index is 1.53. The molecule has 0 aliphatic carbocycles. The molecule has 33 heavy (non-hydrogen) atoms. The third kappa shape index (κ3) is 5.15. The van der Waals surface area contributed by atoms with E-state index >= 15 is 0 Å². The molecule has 0 fully saturated rings. The first-order valence-corrected chi connectivity index (χ1v) is 10.5. The average molecular weight is 444 g/mol. The molecule has 1 amide bonds. The number of aromatic nitrogens is 5. The van der Waals surface area contributed by atoms with Crippen molar-refractivity contribution < 1.29 is 9.53 Å². The zero-order valence-corrected chi connectivity index (χ0v) is 18.7. The van der Waals surface area contributed by atoms with E-state index in [-0.39, 0.29) is 5.91 Å². The van der Waals surface area contributed by atoms with Gasteiger partial charge in [0.25, 0.3) is 0 Å². The van der Waals surface area contributed by atoms with Crippen LogP contribution in [0.4, 0.5) is 11.6 Å². The molecule has 4 aromatic rings. The molecule has 0 atom stereocenters. The van der Waals surface area contributed by atoms with E-state index in [2.05, 4.69) is 25.4 Å². The van der Waals surface area contributed by atoms with E-state index in [1.165, 1.54) is 6.08 Å². The lowest BCUT2D eigenvalue weighted by Gasteiger charge is -2.10.